The zero-order chi connectivity index (χ0) is 12.9. The van der Waals surface area contributed by atoms with Gasteiger partial charge in [-0.1, -0.05) is 39.0 Å². The minimum absolute atomic E-state index is 0.432. The lowest BCUT2D eigenvalue weighted by atomic mass is 10.1. The number of rotatable bonds is 5. The topological polar surface area (TPSA) is 31.0 Å². The molecule has 2 heterocycles. The van der Waals surface area contributed by atoms with Gasteiger partial charge in [0, 0.05) is 19.8 Å². The summed E-state index contributed by atoms with van der Waals surface area (Å²) in [5.41, 5.74) is 0. The zero-order valence-corrected chi connectivity index (χ0v) is 12.0. The van der Waals surface area contributed by atoms with Gasteiger partial charge < -0.3 is 14.2 Å². The highest BCUT2D eigenvalue weighted by Crippen LogP contribution is 2.09. The number of ether oxygens (including phenoxy) is 3. The summed E-state index contributed by atoms with van der Waals surface area (Å²) in [5.74, 6) is 0. The van der Waals surface area contributed by atoms with E-state index < -0.39 is 0 Å². The minimum Gasteiger partial charge on any atom is -0.381 e. The molecule has 0 spiro atoms. The highest BCUT2D eigenvalue weighted by Gasteiger charge is 2.21. The lowest BCUT2D eigenvalue weighted by molar-refractivity contribution is 0.114. The molecule has 1 atom stereocenters. The first-order chi connectivity index (χ1) is 8.93. The van der Waals surface area contributed by atoms with Gasteiger partial charge in [-0.3, -0.25) is 0 Å². The molecule has 0 aliphatic carbocycles. The molecule has 0 aromatic heterocycles. The quantitative estimate of drug-likeness (QED) is 0.558. The third-order valence-electron chi connectivity index (χ3n) is 3.18. The Hall–Kier alpha value is -0.120. The first-order valence-corrected chi connectivity index (χ1v) is 7.70. The van der Waals surface area contributed by atoms with Gasteiger partial charge >= 0.3 is 0 Å². The smallest absolute Gasteiger partial charge is 0.104 e. The fourth-order valence-corrected chi connectivity index (χ4v) is 1.84. The van der Waals surface area contributed by atoms with Crippen LogP contribution in [0.4, 0.5) is 0 Å². The Morgan fingerprint density at radius 3 is 2.17 bits per heavy atom. The number of hydrogen-bond acceptors (Lipinski definition) is 3. The first-order valence-electron chi connectivity index (χ1n) is 7.70. The molecule has 2 fully saturated rings. The lowest BCUT2D eigenvalue weighted by Crippen LogP contribution is -2.01. The van der Waals surface area contributed by atoms with Gasteiger partial charge in [0.1, 0.15) is 6.10 Å². The van der Waals surface area contributed by atoms with Gasteiger partial charge in [0.15, 0.2) is 0 Å². The van der Waals surface area contributed by atoms with Crippen molar-refractivity contribution in [3.63, 3.8) is 0 Å². The predicted molar refractivity (Wildman–Crippen MR) is 74.0 cm³/mol. The summed E-state index contributed by atoms with van der Waals surface area (Å²) < 4.78 is 15.6. The van der Waals surface area contributed by atoms with Crippen LogP contribution in [0.2, 0.25) is 0 Å². The molecule has 2 rings (SSSR count). The molecule has 2 aliphatic rings. The molecule has 1 unspecified atom stereocenters. The average Bonchev–Trinajstić information content (AvgIpc) is 3.18. The van der Waals surface area contributed by atoms with E-state index in [9.17, 15) is 0 Å². The molecule has 0 amide bonds. The number of unbranched alkanes of at least 4 members (excludes halogenated alkanes) is 1. The van der Waals surface area contributed by atoms with Crippen molar-refractivity contribution < 1.29 is 14.2 Å². The molecule has 0 bridgehead atoms. The average molecular weight is 258 g/mol. The molecule has 2 aliphatic heterocycles. The maximum atomic E-state index is 5.35. The fraction of sp³-hybridized carbons (Fsp3) is 1.00. The van der Waals surface area contributed by atoms with E-state index in [0.29, 0.717) is 6.10 Å². The van der Waals surface area contributed by atoms with Crippen molar-refractivity contribution in [3.8, 4) is 0 Å². The Morgan fingerprint density at radius 1 is 1.00 bits per heavy atom. The van der Waals surface area contributed by atoms with Crippen LogP contribution < -0.4 is 0 Å². The molecule has 0 saturated carbocycles. The molecule has 108 valence electrons. The summed E-state index contributed by atoms with van der Waals surface area (Å²) in [4.78, 5) is 0. The Kier molecular flexibility index (Phi) is 10.6. The van der Waals surface area contributed by atoms with Crippen LogP contribution in [0.5, 0.6) is 0 Å². The normalized spacial score (nSPS) is 24.2. The molecular formula is C15H30O3. The second-order valence-corrected chi connectivity index (χ2v) is 5.12. The van der Waals surface area contributed by atoms with Crippen LogP contribution >= 0.6 is 0 Å². The largest absolute Gasteiger partial charge is 0.381 e. The highest BCUT2D eigenvalue weighted by atomic mass is 16.6. The number of hydrogen-bond donors (Lipinski definition) is 0. The maximum absolute atomic E-state index is 5.35. The Morgan fingerprint density at radius 2 is 1.61 bits per heavy atom. The van der Waals surface area contributed by atoms with Gasteiger partial charge in [-0.05, 0) is 19.3 Å². The fourth-order valence-electron chi connectivity index (χ4n) is 1.84. The zero-order valence-electron chi connectivity index (χ0n) is 12.0. The van der Waals surface area contributed by atoms with E-state index in [-0.39, 0.29) is 0 Å². The van der Waals surface area contributed by atoms with Crippen LogP contribution in [0.15, 0.2) is 0 Å². The van der Waals surface area contributed by atoms with Crippen molar-refractivity contribution in [2.75, 3.05) is 33.0 Å². The Labute approximate surface area is 112 Å². The summed E-state index contributed by atoms with van der Waals surface area (Å²) in [7, 11) is 0. The van der Waals surface area contributed by atoms with Gasteiger partial charge in [0.05, 0.1) is 13.2 Å². The van der Waals surface area contributed by atoms with Crippen molar-refractivity contribution in [3.05, 3.63) is 0 Å². The third-order valence-corrected chi connectivity index (χ3v) is 3.18. The number of epoxide rings is 1. The van der Waals surface area contributed by atoms with Crippen LogP contribution in [0.1, 0.15) is 58.3 Å². The molecule has 0 radical (unpaired) electrons. The molecular weight excluding hydrogens is 228 g/mol. The first kappa shape index (κ1) is 15.9. The molecule has 0 aromatic rings. The van der Waals surface area contributed by atoms with Crippen LogP contribution in [-0.2, 0) is 14.2 Å². The molecule has 18 heavy (non-hydrogen) atoms. The summed E-state index contributed by atoms with van der Waals surface area (Å²) in [6, 6.07) is 0. The van der Waals surface area contributed by atoms with E-state index in [4.69, 9.17) is 14.2 Å². The molecule has 2 saturated heterocycles. The van der Waals surface area contributed by atoms with E-state index in [1.807, 2.05) is 0 Å². The van der Waals surface area contributed by atoms with Crippen LogP contribution in [0.3, 0.4) is 0 Å². The van der Waals surface area contributed by atoms with Crippen molar-refractivity contribution in [2.24, 2.45) is 0 Å². The van der Waals surface area contributed by atoms with Crippen molar-refractivity contribution in [1.82, 2.24) is 0 Å². The van der Waals surface area contributed by atoms with E-state index >= 15 is 0 Å². The van der Waals surface area contributed by atoms with E-state index in [2.05, 4.69) is 6.92 Å². The van der Waals surface area contributed by atoms with Crippen LogP contribution in [0.25, 0.3) is 0 Å². The van der Waals surface area contributed by atoms with Crippen molar-refractivity contribution in [2.45, 2.75) is 64.4 Å². The van der Waals surface area contributed by atoms with Gasteiger partial charge in [0.25, 0.3) is 0 Å². The standard InChI is InChI=1S/C8H16O.C7H14O2/c1-2-4-6-8-9-7-5-3-1;1-2-3-4-8-5-7-6-9-7/h1-8H2;7H,2-6H2,1H3. The van der Waals surface area contributed by atoms with Crippen molar-refractivity contribution in [1.29, 1.82) is 0 Å². The minimum atomic E-state index is 0.432. The Bertz CT molecular complexity index is 141. The van der Waals surface area contributed by atoms with Crippen molar-refractivity contribution >= 4 is 0 Å². The molecule has 3 heteroatoms. The second kappa shape index (κ2) is 11.9. The van der Waals surface area contributed by atoms with Gasteiger partial charge in [-0.15, -0.1) is 0 Å². The molecule has 3 nitrogen and oxygen atoms in total. The van der Waals surface area contributed by atoms with Gasteiger partial charge in [-0.2, -0.15) is 0 Å². The lowest BCUT2D eigenvalue weighted by Gasteiger charge is -1.97. The summed E-state index contributed by atoms with van der Waals surface area (Å²) in [5, 5.41) is 0. The van der Waals surface area contributed by atoms with E-state index in [1.54, 1.807) is 0 Å². The summed E-state index contributed by atoms with van der Waals surface area (Å²) in [6.07, 6.45) is 11.0. The van der Waals surface area contributed by atoms with Crippen LogP contribution in [-0.4, -0.2) is 39.1 Å². The summed E-state index contributed by atoms with van der Waals surface area (Å²) in [6.45, 7) is 6.78. The Balaban J connectivity index is 0.000000180. The highest BCUT2D eigenvalue weighted by molar-refractivity contribution is 4.66. The SMILES string of the molecule is C1CCCCOCCC1.CCCCOCC1CO1. The predicted octanol–water partition coefficient (Wildman–Crippen LogP) is 3.56. The molecule has 0 aromatic carbocycles. The van der Waals surface area contributed by atoms with E-state index in [0.717, 1.165) is 33.0 Å². The van der Waals surface area contributed by atoms with Gasteiger partial charge in [0.2, 0.25) is 0 Å². The molecule has 0 N–H and O–H groups in total. The van der Waals surface area contributed by atoms with Crippen LogP contribution in [0, 0.1) is 0 Å². The summed E-state index contributed by atoms with van der Waals surface area (Å²) >= 11 is 0. The van der Waals surface area contributed by atoms with Gasteiger partial charge in [-0.25, -0.2) is 0 Å². The maximum Gasteiger partial charge on any atom is 0.104 e. The monoisotopic (exact) mass is 258 g/mol. The van der Waals surface area contributed by atoms with E-state index in [1.165, 1.54) is 51.4 Å². The second-order valence-electron chi connectivity index (χ2n) is 5.12. The third kappa shape index (κ3) is 11.0.